The van der Waals surface area contributed by atoms with Crippen molar-refractivity contribution in [3.8, 4) is 5.69 Å². The summed E-state index contributed by atoms with van der Waals surface area (Å²) >= 11 is 1.51. The Morgan fingerprint density at radius 1 is 1.06 bits per heavy atom. The number of aromatic nitrogens is 2. The van der Waals surface area contributed by atoms with Gasteiger partial charge in [0, 0.05) is 18.2 Å². The zero-order valence-corrected chi connectivity index (χ0v) is 19.6. The third kappa shape index (κ3) is 6.19. The van der Waals surface area contributed by atoms with Crippen LogP contribution in [0.2, 0.25) is 0 Å². The molecule has 1 atom stereocenters. The normalized spacial score (nSPS) is 12.3. The van der Waals surface area contributed by atoms with Gasteiger partial charge in [-0.05, 0) is 62.1 Å². The highest BCUT2D eigenvalue weighted by atomic mass is 32.2. The Morgan fingerprint density at radius 3 is 2.50 bits per heavy atom. The van der Waals surface area contributed by atoms with Crippen LogP contribution in [0.3, 0.4) is 0 Å². The number of unbranched alkanes of at least 4 members (excludes halogenated alkanes) is 2. The van der Waals surface area contributed by atoms with Gasteiger partial charge in [0.2, 0.25) is 5.91 Å². The van der Waals surface area contributed by atoms with E-state index in [1.54, 1.807) is 22.8 Å². The number of carbonyl (C=O) groups excluding carboxylic acids is 1. The molecule has 3 rings (SSSR count). The molecule has 0 saturated heterocycles. The molecule has 0 aliphatic heterocycles. The Morgan fingerprint density at radius 2 is 1.78 bits per heavy atom. The van der Waals surface area contributed by atoms with Gasteiger partial charge in [0.15, 0.2) is 5.16 Å². The van der Waals surface area contributed by atoms with Crippen molar-refractivity contribution in [2.75, 3.05) is 5.75 Å². The van der Waals surface area contributed by atoms with Crippen molar-refractivity contribution in [1.82, 2.24) is 14.9 Å². The molecule has 2 aromatic carbocycles. The van der Waals surface area contributed by atoms with Crippen LogP contribution in [-0.2, 0) is 4.79 Å². The minimum absolute atomic E-state index is 0.0974. The molecule has 3 aromatic rings. The van der Waals surface area contributed by atoms with E-state index in [4.69, 9.17) is 4.98 Å². The van der Waals surface area contributed by atoms with Crippen LogP contribution in [0.1, 0.15) is 46.5 Å². The van der Waals surface area contributed by atoms with Gasteiger partial charge < -0.3 is 5.32 Å². The van der Waals surface area contributed by atoms with Crippen molar-refractivity contribution in [3.05, 3.63) is 64.7 Å². The topological polar surface area (TPSA) is 64.0 Å². The van der Waals surface area contributed by atoms with Crippen LogP contribution in [0.15, 0.2) is 58.5 Å². The third-order valence-corrected chi connectivity index (χ3v) is 6.52. The maximum Gasteiger partial charge on any atom is 0.266 e. The highest BCUT2D eigenvalue weighted by Crippen LogP contribution is 2.23. The van der Waals surface area contributed by atoms with E-state index < -0.39 is 0 Å². The van der Waals surface area contributed by atoms with Gasteiger partial charge in [0.25, 0.3) is 5.56 Å². The molecule has 1 N–H and O–H groups in total. The van der Waals surface area contributed by atoms with E-state index in [0.29, 0.717) is 34.1 Å². The van der Waals surface area contributed by atoms with Crippen molar-refractivity contribution in [1.29, 1.82) is 0 Å². The molecule has 0 aliphatic rings. The summed E-state index contributed by atoms with van der Waals surface area (Å²) in [7, 11) is 0. The van der Waals surface area contributed by atoms with Crippen LogP contribution in [-0.4, -0.2) is 27.3 Å². The molecule has 0 aliphatic carbocycles. The minimum Gasteiger partial charge on any atom is -0.353 e. The number of para-hydroxylation sites is 1. The van der Waals surface area contributed by atoms with E-state index in [0.717, 1.165) is 25.0 Å². The Kier molecular flexibility index (Phi) is 8.45. The van der Waals surface area contributed by atoms with Gasteiger partial charge in [0.1, 0.15) is 5.82 Å². The predicted octanol–water partition coefficient (Wildman–Crippen LogP) is 5.34. The van der Waals surface area contributed by atoms with E-state index >= 15 is 0 Å². The fraction of sp³-hybridized carbons (Fsp3) is 0.400. The molecule has 1 aromatic heterocycles. The molecule has 1 amide bonds. The molecule has 170 valence electrons. The van der Waals surface area contributed by atoms with E-state index in [-0.39, 0.29) is 23.3 Å². The average Bonchev–Trinajstić information content (AvgIpc) is 2.77. The fourth-order valence-electron chi connectivity index (χ4n) is 3.25. The first kappa shape index (κ1) is 24.0. The second-order valence-corrected chi connectivity index (χ2v) is 9.35. The molecule has 0 fully saturated rings. The zero-order chi connectivity index (χ0) is 23.1. The molecule has 1 unspecified atom stereocenters. The van der Waals surface area contributed by atoms with Gasteiger partial charge in [-0.1, -0.05) is 44.2 Å². The maximum absolute atomic E-state index is 13.4. The number of hydrogen-bond acceptors (Lipinski definition) is 4. The molecule has 1 heterocycles. The summed E-state index contributed by atoms with van der Waals surface area (Å²) in [6, 6.07) is 13.3. The van der Waals surface area contributed by atoms with Crippen molar-refractivity contribution in [3.63, 3.8) is 0 Å². The first-order valence-electron chi connectivity index (χ1n) is 11.1. The number of nitrogens with zero attached hydrogens (tertiary/aromatic N) is 2. The van der Waals surface area contributed by atoms with E-state index in [9.17, 15) is 14.0 Å². The van der Waals surface area contributed by atoms with Crippen molar-refractivity contribution >= 4 is 28.6 Å². The summed E-state index contributed by atoms with van der Waals surface area (Å²) in [5.41, 5.74) is 1.07. The quantitative estimate of drug-likeness (QED) is 0.255. The number of benzene rings is 2. The van der Waals surface area contributed by atoms with Gasteiger partial charge >= 0.3 is 0 Å². The van der Waals surface area contributed by atoms with E-state index in [1.807, 2.05) is 25.1 Å². The number of carbonyl (C=O) groups is 1. The molecule has 7 heteroatoms. The number of amides is 1. The molecule has 0 saturated carbocycles. The largest absolute Gasteiger partial charge is 0.353 e. The summed E-state index contributed by atoms with van der Waals surface area (Å²) in [5, 5.41) is 4.15. The van der Waals surface area contributed by atoms with Gasteiger partial charge in [-0.15, -0.1) is 0 Å². The minimum atomic E-state index is -0.350. The number of fused-ring (bicyclic) bond motifs is 1. The summed E-state index contributed by atoms with van der Waals surface area (Å²) < 4.78 is 15.0. The van der Waals surface area contributed by atoms with Crippen LogP contribution in [0.25, 0.3) is 16.6 Å². The SMILES string of the molecule is CC(C)C(C)NC(=O)CCCCCSc1nc2ccccc2c(=O)n1-c1ccc(F)cc1. The van der Waals surface area contributed by atoms with Crippen LogP contribution in [0.4, 0.5) is 4.39 Å². The smallest absolute Gasteiger partial charge is 0.266 e. The van der Waals surface area contributed by atoms with Gasteiger partial charge in [0.05, 0.1) is 16.6 Å². The molecule has 0 radical (unpaired) electrons. The number of halogens is 1. The molecular formula is C25H30FN3O2S. The van der Waals surface area contributed by atoms with Gasteiger partial charge in [-0.2, -0.15) is 0 Å². The second kappa shape index (κ2) is 11.3. The molecular weight excluding hydrogens is 425 g/mol. The fourth-order valence-corrected chi connectivity index (χ4v) is 4.26. The van der Waals surface area contributed by atoms with Crippen LogP contribution >= 0.6 is 11.8 Å². The number of nitrogens with one attached hydrogen (secondary N) is 1. The Labute approximate surface area is 192 Å². The number of thioether (sulfide) groups is 1. The second-order valence-electron chi connectivity index (χ2n) is 8.29. The lowest BCUT2D eigenvalue weighted by Crippen LogP contribution is -2.35. The maximum atomic E-state index is 13.4. The lowest BCUT2D eigenvalue weighted by Gasteiger charge is -2.17. The summed E-state index contributed by atoms with van der Waals surface area (Å²) in [6.45, 7) is 6.21. The first-order chi connectivity index (χ1) is 15.4. The number of rotatable bonds is 10. The summed E-state index contributed by atoms with van der Waals surface area (Å²) in [5.74, 6) is 0.941. The molecule has 32 heavy (non-hydrogen) atoms. The molecule has 0 bridgehead atoms. The van der Waals surface area contributed by atoms with Crippen molar-refractivity contribution in [2.45, 2.75) is 57.7 Å². The zero-order valence-electron chi connectivity index (χ0n) is 18.8. The molecule has 0 spiro atoms. The lowest BCUT2D eigenvalue weighted by molar-refractivity contribution is -0.122. The highest BCUT2D eigenvalue weighted by molar-refractivity contribution is 7.99. The predicted molar refractivity (Wildman–Crippen MR) is 129 cm³/mol. The summed E-state index contributed by atoms with van der Waals surface area (Å²) in [4.78, 5) is 29.9. The average molecular weight is 456 g/mol. The van der Waals surface area contributed by atoms with Crippen molar-refractivity contribution < 1.29 is 9.18 Å². The lowest BCUT2D eigenvalue weighted by atomic mass is 10.1. The summed E-state index contributed by atoms with van der Waals surface area (Å²) in [6.07, 6.45) is 3.18. The van der Waals surface area contributed by atoms with Gasteiger partial charge in [-0.25, -0.2) is 9.37 Å². The Bertz CT molecular complexity index is 1110. The van der Waals surface area contributed by atoms with E-state index in [2.05, 4.69) is 19.2 Å². The molecule has 5 nitrogen and oxygen atoms in total. The number of hydrogen-bond donors (Lipinski definition) is 1. The third-order valence-electron chi connectivity index (χ3n) is 5.50. The van der Waals surface area contributed by atoms with Crippen molar-refractivity contribution in [2.24, 2.45) is 5.92 Å². The standard InChI is InChI=1S/C25H30FN3O2S/c1-17(2)18(3)27-23(30)11-5-4-8-16-32-25-28-22-10-7-6-9-21(22)24(31)29(25)20-14-12-19(26)13-15-20/h6-7,9-10,12-15,17-18H,4-5,8,11,16H2,1-3H3,(H,27,30). The van der Waals surface area contributed by atoms with Crippen LogP contribution in [0.5, 0.6) is 0 Å². The van der Waals surface area contributed by atoms with Gasteiger partial charge in [-0.3, -0.25) is 14.2 Å². The monoisotopic (exact) mass is 455 g/mol. The van der Waals surface area contributed by atoms with Crippen LogP contribution in [0, 0.1) is 11.7 Å². The Balaban J connectivity index is 1.64. The highest BCUT2D eigenvalue weighted by Gasteiger charge is 2.14. The van der Waals surface area contributed by atoms with E-state index in [1.165, 1.54) is 23.9 Å². The van der Waals surface area contributed by atoms with Crippen LogP contribution < -0.4 is 10.9 Å². The Hall–Kier alpha value is -2.67. The first-order valence-corrected chi connectivity index (χ1v) is 12.0.